The van der Waals surface area contributed by atoms with Gasteiger partial charge in [-0.25, -0.2) is 0 Å². The molecule has 204 valence electrons. The molecule has 0 aliphatic carbocycles. The Kier molecular flexibility index (Phi) is 8.29. The van der Waals surface area contributed by atoms with Crippen LogP contribution in [0.25, 0.3) is 0 Å². The van der Waals surface area contributed by atoms with Gasteiger partial charge in [0, 0.05) is 37.7 Å². The summed E-state index contributed by atoms with van der Waals surface area (Å²) in [7, 11) is 0. The monoisotopic (exact) mass is 520 g/mol. The van der Waals surface area contributed by atoms with Crippen molar-refractivity contribution < 1.29 is 38.9 Å². The third-order valence-corrected chi connectivity index (χ3v) is 7.88. The fourth-order valence-electron chi connectivity index (χ4n) is 5.71. The van der Waals surface area contributed by atoms with Gasteiger partial charge >= 0.3 is 0 Å². The zero-order valence-electron chi connectivity index (χ0n) is 21.3. The van der Waals surface area contributed by atoms with Gasteiger partial charge in [-0.15, -0.1) is 0 Å². The summed E-state index contributed by atoms with van der Waals surface area (Å²) in [4.78, 5) is 38.7. The number of nitro benzene ring substituents is 1. The van der Waals surface area contributed by atoms with Crippen LogP contribution in [0.3, 0.4) is 0 Å². The fraction of sp³-hybridized carbons (Fsp3) is 0.692. The van der Waals surface area contributed by atoms with Crippen LogP contribution in [0.4, 0.5) is 5.69 Å². The number of hydrogen-bond acceptors (Lipinski definition) is 9. The van der Waals surface area contributed by atoms with Crippen molar-refractivity contribution in [2.75, 3.05) is 19.8 Å². The number of aliphatic hydroxyl groups is 2. The van der Waals surface area contributed by atoms with Crippen LogP contribution >= 0.6 is 0 Å². The van der Waals surface area contributed by atoms with E-state index in [1.165, 1.54) is 36.1 Å². The molecule has 4 rings (SSSR count). The molecule has 5 unspecified atom stereocenters. The number of benzene rings is 1. The average molecular weight is 521 g/mol. The van der Waals surface area contributed by atoms with Crippen molar-refractivity contribution in [3.63, 3.8) is 0 Å². The smallest absolute Gasteiger partial charge is 0.269 e. The number of amides is 1. The molecule has 1 aromatic rings. The lowest BCUT2D eigenvalue weighted by molar-refractivity contribution is -0.384. The Hall–Kier alpha value is -2.44. The minimum Gasteiger partial charge on any atom is -0.359 e. The van der Waals surface area contributed by atoms with Gasteiger partial charge in [0.15, 0.2) is 12.1 Å². The number of likely N-dealkylation sites (tertiary alicyclic amines) is 1. The summed E-state index contributed by atoms with van der Waals surface area (Å²) in [6.45, 7) is 4.58. The second-order valence-corrected chi connectivity index (χ2v) is 10.5. The molecule has 3 heterocycles. The zero-order chi connectivity index (χ0) is 26.8. The number of non-ortho nitro benzene ring substituents is 1. The number of nitrogens with zero attached hydrogens (tertiary/aromatic N) is 2. The third-order valence-electron chi connectivity index (χ3n) is 7.88. The van der Waals surface area contributed by atoms with E-state index in [0.29, 0.717) is 25.2 Å². The normalized spacial score (nSPS) is 29.5. The number of β-lactam (4-membered cyclic amide) rings is 1. The van der Waals surface area contributed by atoms with Crippen molar-refractivity contribution in [2.45, 2.75) is 83.1 Å². The number of hydrogen-bond donors (Lipinski definition) is 2. The first-order valence-electron chi connectivity index (χ1n) is 13.0. The summed E-state index contributed by atoms with van der Waals surface area (Å²) < 4.78 is 17.5. The minimum absolute atomic E-state index is 0.143. The zero-order valence-corrected chi connectivity index (χ0v) is 21.3. The molecule has 0 spiro atoms. The van der Waals surface area contributed by atoms with Crippen LogP contribution in [0.1, 0.15) is 57.9 Å². The molecule has 3 aliphatic heterocycles. The van der Waals surface area contributed by atoms with Crippen LogP contribution in [0.5, 0.6) is 0 Å². The van der Waals surface area contributed by atoms with Gasteiger partial charge in [-0.3, -0.25) is 19.7 Å². The summed E-state index contributed by atoms with van der Waals surface area (Å²) in [6, 6.07) is 4.52. The van der Waals surface area contributed by atoms with Crippen LogP contribution in [0.2, 0.25) is 0 Å². The first-order chi connectivity index (χ1) is 17.6. The molecule has 0 bridgehead atoms. The highest BCUT2D eigenvalue weighted by molar-refractivity contribution is 6.00. The first kappa shape index (κ1) is 27.6. The summed E-state index contributed by atoms with van der Waals surface area (Å²) >= 11 is 0. The molecule has 3 saturated heterocycles. The molecule has 37 heavy (non-hydrogen) atoms. The Morgan fingerprint density at radius 3 is 2.41 bits per heavy atom. The second kappa shape index (κ2) is 11.1. The number of rotatable bonds is 10. The highest BCUT2D eigenvalue weighted by Gasteiger charge is 2.72. The SMILES string of the molecule is CC(COC1CCCCO1)C1N(C2CCCCO2)C(=O)C1(C)C(O)(O)C(=O)Cc1ccc([N+](=O)[O-])cc1. The van der Waals surface area contributed by atoms with E-state index in [4.69, 9.17) is 14.2 Å². The van der Waals surface area contributed by atoms with E-state index in [0.717, 1.165) is 32.1 Å². The fourth-order valence-corrected chi connectivity index (χ4v) is 5.71. The Morgan fingerprint density at radius 1 is 1.19 bits per heavy atom. The molecule has 1 amide bonds. The van der Waals surface area contributed by atoms with Gasteiger partial charge in [-0.2, -0.15) is 0 Å². The lowest BCUT2D eigenvalue weighted by Crippen LogP contribution is -2.81. The van der Waals surface area contributed by atoms with Gasteiger partial charge in [-0.1, -0.05) is 19.1 Å². The maximum absolute atomic E-state index is 13.6. The van der Waals surface area contributed by atoms with E-state index in [9.17, 15) is 29.9 Å². The predicted molar refractivity (Wildman–Crippen MR) is 130 cm³/mol. The van der Waals surface area contributed by atoms with Crippen molar-refractivity contribution in [1.82, 2.24) is 4.90 Å². The van der Waals surface area contributed by atoms with Gasteiger partial charge in [0.05, 0.1) is 17.6 Å². The molecule has 11 heteroatoms. The van der Waals surface area contributed by atoms with Crippen LogP contribution in [-0.2, 0) is 30.2 Å². The summed E-state index contributed by atoms with van der Waals surface area (Å²) in [6.07, 6.45) is 3.86. The van der Waals surface area contributed by atoms with Gasteiger partial charge in [-0.05, 0) is 51.0 Å². The van der Waals surface area contributed by atoms with Crippen molar-refractivity contribution in [1.29, 1.82) is 0 Å². The maximum atomic E-state index is 13.6. The quantitative estimate of drug-likeness (QED) is 0.205. The van der Waals surface area contributed by atoms with E-state index >= 15 is 0 Å². The van der Waals surface area contributed by atoms with Crippen molar-refractivity contribution in [3.05, 3.63) is 39.9 Å². The molecule has 0 aromatic heterocycles. The Labute approximate surface area is 215 Å². The van der Waals surface area contributed by atoms with Crippen LogP contribution < -0.4 is 0 Å². The van der Waals surface area contributed by atoms with Gasteiger partial charge in [0.25, 0.3) is 5.69 Å². The molecule has 0 radical (unpaired) electrons. The largest absolute Gasteiger partial charge is 0.359 e. The maximum Gasteiger partial charge on any atom is 0.269 e. The third kappa shape index (κ3) is 5.28. The standard InChI is InChI=1S/C26H36N2O9/c1-17(16-37-22-8-4-6-14-36-22)23-25(2,24(30)27(23)21-7-3-5-13-35-21)26(31,32)20(29)15-18-9-11-19(12-10-18)28(33)34/h9-12,17,21-23,31-32H,3-8,13-16H2,1-2H3. The van der Waals surface area contributed by atoms with Crippen LogP contribution in [0, 0.1) is 21.4 Å². The van der Waals surface area contributed by atoms with E-state index in [1.54, 1.807) is 0 Å². The first-order valence-corrected chi connectivity index (χ1v) is 13.0. The molecule has 2 N–H and O–H groups in total. The van der Waals surface area contributed by atoms with Crippen molar-refractivity contribution in [2.24, 2.45) is 11.3 Å². The molecular formula is C26H36N2O9. The predicted octanol–water partition coefficient (Wildman–Crippen LogP) is 2.31. The summed E-state index contributed by atoms with van der Waals surface area (Å²) in [5.41, 5.74) is -1.61. The van der Waals surface area contributed by atoms with E-state index < -0.39 is 46.5 Å². The van der Waals surface area contributed by atoms with Crippen molar-refractivity contribution in [3.8, 4) is 0 Å². The highest BCUT2D eigenvalue weighted by Crippen LogP contribution is 2.52. The number of nitro groups is 1. The molecule has 0 saturated carbocycles. The van der Waals surface area contributed by atoms with Gasteiger partial charge in [0.2, 0.25) is 11.7 Å². The van der Waals surface area contributed by atoms with E-state index in [1.807, 2.05) is 6.92 Å². The molecule has 3 aliphatic rings. The lowest BCUT2D eigenvalue weighted by atomic mass is 9.60. The van der Waals surface area contributed by atoms with Gasteiger partial charge < -0.3 is 29.3 Å². The highest BCUT2D eigenvalue weighted by atomic mass is 16.7. The molecule has 1 aromatic carbocycles. The Morgan fingerprint density at radius 2 is 1.84 bits per heavy atom. The lowest BCUT2D eigenvalue weighted by Gasteiger charge is -2.62. The molecule has 11 nitrogen and oxygen atoms in total. The molecule has 3 fully saturated rings. The summed E-state index contributed by atoms with van der Waals surface area (Å²) in [5.74, 6) is -4.86. The molecular weight excluding hydrogens is 484 g/mol. The topological polar surface area (TPSA) is 149 Å². The van der Waals surface area contributed by atoms with Crippen molar-refractivity contribution >= 4 is 17.4 Å². The Balaban J connectivity index is 1.54. The van der Waals surface area contributed by atoms with E-state index in [2.05, 4.69) is 0 Å². The number of ketones is 1. The average Bonchev–Trinajstić information content (AvgIpc) is 2.90. The summed E-state index contributed by atoms with van der Waals surface area (Å²) in [5, 5.41) is 33.4. The Bertz CT molecular complexity index is 986. The van der Waals surface area contributed by atoms with E-state index in [-0.39, 0.29) is 24.5 Å². The van der Waals surface area contributed by atoms with Crippen LogP contribution in [0.15, 0.2) is 24.3 Å². The second-order valence-electron chi connectivity index (χ2n) is 10.5. The number of ether oxygens (including phenoxy) is 3. The molecule has 5 atom stereocenters. The number of carbonyl (C=O) groups excluding carboxylic acids is 2. The van der Waals surface area contributed by atoms with Gasteiger partial charge in [0.1, 0.15) is 11.6 Å². The van der Waals surface area contributed by atoms with Crippen LogP contribution in [-0.4, -0.2) is 75.9 Å². The number of Topliss-reactive ketones (excluding diaryl/α,β-unsaturated/α-hetero) is 1. The number of carbonyl (C=O) groups is 2. The minimum atomic E-state index is -2.97.